The summed E-state index contributed by atoms with van der Waals surface area (Å²) in [5, 5.41) is 9.13. The third-order valence-corrected chi connectivity index (χ3v) is 2.29. The maximum Gasteiger partial charge on any atom is 1.00 e. The van der Waals surface area contributed by atoms with Crippen molar-refractivity contribution in [2.75, 3.05) is 7.11 Å². The van der Waals surface area contributed by atoms with Crippen LogP contribution >= 0.6 is 0 Å². The van der Waals surface area contributed by atoms with Gasteiger partial charge in [-0.1, -0.05) is 6.07 Å². The fraction of sp³-hybridized carbons (Fsp3) is 0.143. The summed E-state index contributed by atoms with van der Waals surface area (Å²) in [6.45, 7) is 0. The van der Waals surface area contributed by atoms with Crippen molar-refractivity contribution in [3.05, 3.63) is 18.2 Å². The molecule has 0 saturated heterocycles. The van der Waals surface area contributed by atoms with Gasteiger partial charge < -0.3 is 19.9 Å². The second kappa shape index (κ2) is 6.81. The number of benzene rings is 1. The predicted octanol–water partition coefficient (Wildman–Crippen LogP) is -3.52. The van der Waals surface area contributed by atoms with Crippen molar-refractivity contribution in [1.29, 1.82) is 0 Å². The second-order valence-corrected chi connectivity index (χ2v) is 3.61. The van der Waals surface area contributed by atoms with Gasteiger partial charge in [-0.25, -0.2) is 8.42 Å². The maximum absolute atomic E-state index is 10.6. The van der Waals surface area contributed by atoms with E-state index in [0.717, 1.165) is 6.07 Å². The van der Waals surface area contributed by atoms with Gasteiger partial charge in [0.2, 0.25) is 0 Å². The van der Waals surface area contributed by atoms with Crippen LogP contribution in [0.2, 0.25) is 0 Å². The largest absolute Gasteiger partial charge is 1.00 e. The van der Waals surface area contributed by atoms with Crippen LogP contribution < -0.4 is 56.1 Å². The quantitative estimate of drug-likeness (QED) is 0.437. The Hall–Kier alpha value is 0.326. The van der Waals surface area contributed by atoms with E-state index in [1.54, 1.807) is 0 Å². The fourth-order valence-electron chi connectivity index (χ4n) is 0.906. The van der Waals surface area contributed by atoms with Crippen LogP contribution in [0.15, 0.2) is 23.1 Å². The monoisotopic (exact) mass is 260 g/mol. The topological polar surface area (TPSA) is 118 Å². The van der Waals surface area contributed by atoms with E-state index in [-0.39, 0.29) is 68.4 Å². The van der Waals surface area contributed by atoms with Crippen LogP contribution in [0.1, 0.15) is 0 Å². The van der Waals surface area contributed by atoms with Crippen molar-refractivity contribution in [2.24, 2.45) is 0 Å². The summed E-state index contributed by atoms with van der Waals surface area (Å²) in [4.78, 5) is -0.560. The molecule has 0 unspecified atom stereocenters. The third-order valence-electron chi connectivity index (χ3n) is 1.43. The van der Waals surface area contributed by atoms with Crippen LogP contribution in [-0.2, 0) is 10.1 Å². The number of ether oxygens (including phenoxy) is 1. The molecule has 1 aromatic carbocycles. The van der Waals surface area contributed by atoms with E-state index in [4.69, 9.17) is 5.11 Å². The number of aromatic hydroxyl groups is 1. The zero-order valence-corrected chi connectivity index (χ0v) is 12.2. The standard InChI is InChI=1S/C7H8O5S.K.H2O/c1-12-7-5(8)3-2-4-6(7)13(9,10)11;;/h2-4,8H,1H3,(H,9,10,11);;1H2/q;+1;/p-1. The summed E-state index contributed by atoms with van der Waals surface area (Å²) in [6, 6.07) is 3.55. The first-order valence-corrected chi connectivity index (χ1v) is 4.69. The van der Waals surface area contributed by atoms with Gasteiger partial charge in [0.1, 0.15) is 15.0 Å². The molecule has 1 aromatic rings. The zero-order valence-electron chi connectivity index (χ0n) is 8.22. The zero-order chi connectivity index (χ0) is 10.1. The molecule has 0 aromatic heterocycles. The van der Waals surface area contributed by atoms with E-state index in [9.17, 15) is 13.0 Å². The molecule has 0 aliphatic heterocycles. The molecule has 0 radical (unpaired) electrons. The maximum atomic E-state index is 10.6. The minimum absolute atomic E-state index is 0. The summed E-state index contributed by atoms with van der Waals surface area (Å²) in [6.07, 6.45) is 0. The van der Waals surface area contributed by atoms with Crippen molar-refractivity contribution >= 4 is 10.1 Å². The number of hydrogen-bond acceptors (Lipinski definition) is 5. The molecule has 0 amide bonds. The summed E-state index contributed by atoms with van der Waals surface area (Å²) in [5.74, 6) is -0.697. The van der Waals surface area contributed by atoms with Gasteiger partial charge in [0, 0.05) is 0 Å². The van der Waals surface area contributed by atoms with Crippen molar-refractivity contribution in [3.63, 3.8) is 0 Å². The van der Waals surface area contributed by atoms with E-state index < -0.39 is 15.0 Å². The molecule has 3 N–H and O–H groups in total. The minimum atomic E-state index is -4.60. The fourth-order valence-corrected chi connectivity index (χ4v) is 1.57. The van der Waals surface area contributed by atoms with Crippen LogP contribution in [0.5, 0.6) is 11.5 Å². The Labute approximate surface area is 130 Å². The number of rotatable bonds is 2. The first-order chi connectivity index (χ1) is 5.96. The van der Waals surface area contributed by atoms with E-state index in [1.165, 1.54) is 19.2 Å². The first kappa shape index (κ1) is 17.7. The van der Waals surface area contributed by atoms with Gasteiger partial charge in [-0.2, -0.15) is 0 Å². The molecule has 0 aliphatic rings. The van der Waals surface area contributed by atoms with Gasteiger partial charge in [-0.3, -0.25) is 0 Å². The van der Waals surface area contributed by atoms with Gasteiger partial charge in [-0.15, -0.1) is 0 Å². The van der Waals surface area contributed by atoms with Crippen LogP contribution in [0.3, 0.4) is 0 Å². The second-order valence-electron chi connectivity index (χ2n) is 2.26. The SMILES string of the molecule is COc1c(O)cccc1S(=O)(=O)[O-].O.[K+]. The molecule has 0 fully saturated rings. The molecule has 0 aliphatic carbocycles. The van der Waals surface area contributed by atoms with E-state index in [1.807, 2.05) is 0 Å². The number of hydrogen-bond donors (Lipinski definition) is 1. The first-order valence-electron chi connectivity index (χ1n) is 3.28. The van der Waals surface area contributed by atoms with Crippen LogP contribution in [0.25, 0.3) is 0 Å². The smallest absolute Gasteiger partial charge is 0.744 e. The molecule has 80 valence electrons. The molecule has 0 heterocycles. The van der Waals surface area contributed by atoms with Crippen molar-refractivity contribution in [2.45, 2.75) is 4.90 Å². The molecule has 6 nitrogen and oxygen atoms in total. The summed E-state index contributed by atoms with van der Waals surface area (Å²) in [7, 11) is -3.43. The number of para-hydroxylation sites is 1. The van der Waals surface area contributed by atoms with E-state index in [0.29, 0.717) is 0 Å². The van der Waals surface area contributed by atoms with E-state index >= 15 is 0 Å². The minimum Gasteiger partial charge on any atom is -0.744 e. The number of phenolic OH excluding ortho intramolecular Hbond substituents is 1. The molecular weight excluding hydrogens is 251 g/mol. The Morgan fingerprint density at radius 1 is 1.40 bits per heavy atom. The summed E-state index contributed by atoms with van der Waals surface area (Å²) >= 11 is 0. The molecule has 0 bridgehead atoms. The summed E-state index contributed by atoms with van der Waals surface area (Å²) in [5.41, 5.74) is 0. The normalized spacial score (nSPS) is 9.73. The van der Waals surface area contributed by atoms with Gasteiger partial charge in [-0.05, 0) is 12.1 Å². The molecule has 0 atom stereocenters. The Balaban J connectivity index is 0. The van der Waals surface area contributed by atoms with Crippen LogP contribution in [0, 0.1) is 0 Å². The van der Waals surface area contributed by atoms with Gasteiger partial charge in [0.25, 0.3) is 0 Å². The Kier molecular flexibility index (Phi) is 8.04. The molecule has 0 spiro atoms. The molecule has 0 saturated carbocycles. The van der Waals surface area contributed by atoms with E-state index in [2.05, 4.69) is 4.74 Å². The Morgan fingerprint density at radius 2 is 1.93 bits per heavy atom. The average Bonchev–Trinajstić information content (AvgIpc) is 2.02. The number of phenols is 1. The molecule has 1 rings (SSSR count). The predicted molar refractivity (Wildman–Crippen MR) is 46.2 cm³/mol. The van der Waals surface area contributed by atoms with Gasteiger partial charge >= 0.3 is 51.4 Å². The Bertz CT molecular complexity index is 415. The Morgan fingerprint density at radius 3 is 2.27 bits per heavy atom. The molecular formula is C7H9KO6S. The van der Waals surface area contributed by atoms with Gasteiger partial charge in [0.05, 0.1) is 7.11 Å². The van der Waals surface area contributed by atoms with Crippen molar-refractivity contribution in [3.8, 4) is 11.5 Å². The third kappa shape index (κ3) is 4.37. The van der Waals surface area contributed by atoms with Gasteiger partial charge in [0.15, 0.2) is 11.5 Å². The van der Waals surface area contributed by atoms with Crippen molar-refractivity contribution in [1.82, 2.24) is 0 Å². The average molecular weight is 260 g/mol. The number of methoxy groups -OCH3 is 1. The molecule has 8 heteroatoms. The van der Waals surface area contributed by atoms with Crippen LogP contribution in [-0.4, -0.2) is 30.7 Å². The van der Waals surface area contributed by atoms with Crippen LogP contribution in [0.4, 0.5) is 0 Å². The summed E-state index contributed by atoms with van der Waals surface area (Å²) < 4.78 is 36.4. The molecule has 15 heavy (non-hydrogen) atoms. The van der Waals surface area contributed by atoms with Crippen molar-refractivity contribution < 1.29 is 79.7 Å².